The van der Waals surface area contributed by atoms with E-state index in [1.54, 1.807) is 12.1 Å². The Labute approximate surface area is 304 Å². The zero-order valence-corrected chi connectivity index (χ0v) is 30.9. The van der Waals surface area contributed by atoms with Crippen LogP contribution < -0.4 is 19.7 Å². The van der Waals surface area contributed by atoms with Gasteiger partial charge in [0.2, 0.25) is 5.88 Å². The summed E-state index contributed by atoms with van der Waals surface area (Å²) in [5.74, 6) is 0.402. The van der Waals surface area contributed by atoms with Crippen molar-refractivity contribution in [3.63, 3.8) is 0 Å². The van der Waals surface area contributed by atoms with Crippen LogP contribution in [0.25, 0.3) is 5.82 Å². The fraction of sp³-hybridized carbons (Fsp3) is 0.533. The highest BCUT2D eigenvalue weighted by Gasteiger charge is 2.75. The molecular formula is C30H36F3N7O4S5. The molecule has 11 nitrogen and oxygen atoms in total. The van der Waals surface area contributed by atoms with Crippen LogP contribution >= 0.6 is 50.5 Å². The Kier molecular flexibility index (Phi) is 9.36. The van der Waals surface area contributed by atoms with Crippen molar-refractivity contribution in [1.82, 2.24) is 24.5 Å². The second-order valence-electron chi connectivity index (χ2n) is 13.4. The molecule has 5 heterocycles. The van der Waals surface area contributed by atoms with E-state index in [1.165, 1.54) is 35.1 Å². The van der Waals surface area contributed by atoms with Crippen molar-refractivity contribution in [2.45, 2.75) is 70.9 Å². The summed E-state index contributed by atoms with van der Waals surface area (Å²) in [6, 6.07) is 9.02. The molecule has 6 rings (SSSR count). The van der Waals surface area contributed by atoms with Gasteiger partial charge in [-0.2, -0.15) is 72.1 Å². The van der Waals surface area contributed by atoms with E-state index in [0.29, 0.717) is 18.9 Å². The normalized spacial score (nSPS) is 21.9. The predicted molar refractivity (Wildman–Crippen MR) is 192 cm³/mol. The average Bonchev–Trinajstić information content (AvgIpc) is 3.64. The maximum absolute atomic E-state index is 13.9. The molecule has 0 radical (unpaired) electrons. The van der Waals surface area contributed by atoms with E-state index in [4.69, 9.17) is 9.72 Å². The lowest BCUT2D eigenvalue weighted by atomic mass is 9.93. The first-order chi connectivity index (χ1) is 22.8. The number of thiol groups is 4. The van der Waals surface area contributed by atoms with Crippen molar-refractivity contribution in [3.05, 3.63) is 48.2 Å². The number of halogens is 3. The minimum absolute atomic E-state index is 0.0429. The average molecular weight is 776 g/mol. The van der Waals surface area contributed by atoms with Crippen molar-refractivity contribution in [3.8, 4) is 11.7 Å². The molecule has 3 aliphatic rings. The number of amides is 1. The van der Waals surface area contributed by atoms with Gasteiger partial charge in [0.25, 0.3) is 15.9 Å². The highest BCUT2D eigenvalue weighted by atomic mass is 32.2. The summed E-state index contributed by atoms with van der Waals surface area (Å²) < 4.78 is 73.7. The fourth-order valence-corrected chi connectivity index (χ4v) is 8.85. The van der Waals surface area contributed by atoms with Crippen LogP contribution in [0.4, 0.5) is 24.8 Å². The molecule has 0 unspecified atom stereocenters. The molecule has 1 amide bonds. The highest BCUT2D eigenvalue weighted by molar-refractivity contribution is 8.08. The predicted octanol–water partition coefficient (Wildman–Crippen LogP) is 5.42. The van der Waals surface area contributed by atoms with Crippen LogP contribution in [0.5, 0.6) is 5.88 Å². The number of rotatable bonds is 6. The first-order valence-electron chi connectivity index (χ1n) is 15.5. The lowest BCUT2D eigenvalue weighted by Crippen LogP contribution is -2.53. The molecule has 266 valence electrons. The quantitative estimate of drug-likeness (QED) is 0.144. The fourth-order valence-electron chi connectivity index (χ4n) is 6.53. The third kappa shape index (κ3) is 6.81. The Morgan fingerprint density at radius 2 is 1.80 bits per heavy atom. The topological polar surface area (TPSA) is 131 Å². The van der Waals surface area contributed by atoms with Crippen molar-refractivity contribution in [2.24, 2.45) is 11.3 Å². The first-order valence-corrected chi connectivity index (χ1v) is 18.8. The molecule has 3 aromatic rings. The minimum atomic E-state index is -4.55. The van der Waals surface area contributed by atoms with Gasteiger partial charge in [-0.05, 0) is 76.1 Å². The number of pyridine rings is 2. The van der Waals surface area contributed by atoms with E-state index in [2.05, 4.69) is 70.6 Å². The number of ether oxygens (including phenoxy) is 1. The number of alkyl halides is 3. The minimum Gasteiger partial charge on any atom is -0.474 e. The number of carbonyl (C=O) groups excluding carboxylic acids is 1. The molecule has 0 spiro atoms. The number of aromatic nitrogens is 4. The van der Waals surface area contributed by atoms with Gasteiger partial charge >= 0.3 is 6.18 Å². The van der Waals surface area contributed by atoms with Crippen molar-refractivity contribution < 1.29 is 31.1 Å². The van der Waals surface area contributed by atoms with Gasteiger partial charge < -0.3 is 15.0 Å². The van der Waals surface area contributed by atoms with Crippen LogP contribution in [0, 0.1) is 11.3 Å². The van der Waals surface area contributed by atoms with Crippen molar-refractivity contribution in [1.29, 1.82) is 0 Å². The van der Waals surface area contributed by atoms with Gasteiger partial charge in [0.1, 0.15) is 22.3 Å². The molecule has 1 saturated heterocycles. The van der Waals surface area contributed by atoms with Gasteiger partial charge in [-0.1, -0.05) is 6.07 Å². The lowest BCUT2D eigenvalue weighted by molar-refractivity contribution is -0.190. The van der Waals surface area contributed by atoms with Crippen molar-refractivity contribution in [2.75, 3.05) is 29.9 Å². The van der Waals surface area contributed by atoms with Crippen LogP contribution in [0.15, 0.2) is 47.6 Å². The number of sulfonamides is 1. The summed E-state index contributed by atoms with van der Waals surface area (Å²) in [6.45, 7) is 4.85. The zero-order chi connectivity index (χ0) is 35.6. The smallest absolute Gasteiger partial charge is 0.396 e. The van der Waals surface area contributed by atoms with Crippen LogP contribution in [-0.2, 0) is 10.0 Å². The van der Waals surface area contributed by atoms with Gasteiger partial charge in [-0.3, -0.25) is 4.79 Å². The Hall–Kier alpha value is -2.48. The van der Waals surface area contributed by atoms with Crippen LogP contribution in [0.3, 0.4) is 0 Å². The number of nitrogens with zero attached hydrogens (tertiary/aromatic N) is 5. The molecular weight excluding hydrogens is 740 g/mol. The van der Waals surface area contributed by atoms with E-state index in [9.17, 15) is 26.4 Å². The van der Waals surface area contributed by atoms with Crippen LogP contribution in [0.1, 0.15) is 56.3 Å². The monoisotopic (exact) mass is 775 g/mol. The molecule has 19 heteroatoms. The SMILES string of the molecule is CC1(C)C[C@@H]2CCCNc3cccc(n3)S(=O)(=O)NC(=O)c3ccc(-n4ccc(OCC(S)(S)C(S)(S)C5(C(F)(F)F)CC5)n4)nc3N1C2. The number of fused-ring (bicyclic) bond motifs is 6. The highest BCUT2D eigenvalue weighted by Crippen LogP contribution is 2.71. The van der Waals surface area contributed by atoms with Gasteiger partial charge in [0.15, 0.2) is 10.8 Å². The molecule has 4 bridgehead atoms. The number of carbonyl (C=O) groups is 1. The number of hydrogen-bond acceptors (Lipinski definition) is 13. The molecule has 2 aliphatic heterocycles. The zero-order valence-electron chi connectivity index (χ0n) is 26.5. The molecule has 1 saturated carbocycles. The van der Waals surface area contributed by atoms with Crippen molar-refractivity contribution >= 4 is 78.1 Å². The molecule has 0 aromatic carbocycles. The standard InChI is InChI=1S/C30H36F3N7O4S5/c1-26(2)15-18-5-4-13-34-20-6-3-7-23(35-20)49(42,43)38-25(41)19-8-9-21(36-24(19)39(26)16-18)40-14-10-22(37-40)44-17-28(45,46)29(47,48)27(11-12-27)30(31,32)33/h3,6-10,14,18,45-48H,4-5,11-13,15-17H2,1-2H3,(H,34,35)(H,38,41)/t18-/m0/s1. The summed E-state index contributed by atoms with van der Waals surface area (Å²) in [5.41, 5.74) is -2.55. The molecule has 2 fully saturated rings. The summed E-state index contributed by atoms with van der Waals surface area (Å²) >= 11 is 17.3. The van der Waals surface area contributed by atoms with E-state index in [0.717, 1.165) is 19.3 Å². The third-order valence-corrected chi connectivity index (χ3v) is 13.9. The second-order valence-corrected chi connectivity index (χ2v) is 18.6. The number of hydrogen-bond donors (Lipinski definition) is 6. The largest absolute Gasteiger partial charge is 0.474 e. The number of nitrogens with one attached hydrogen (secondary N) is 2. The summed E-state index contributed by atoms with van der Waals surface area (Å²) in [6.07, 6.45) is -0.795. The molecule has 1 atom stereocenters. The lowest BCUT2D eigenvalue weighted by Gasteiger charge is -2.44. The van der Waals surface area contributed by atoms with E-state index < -0.39 is 47.8 Å². The summed E-state index contributed by atoms with van der Waals surface area (Å²) in [4.78, 5) is 24.7. The Morgan fingerprint density at radius 3 is 2.49 bits per heavy atom. The molecule has 49 heavy (non-hydrogen) atoms. The third-order valence-electron chi connectivity index (χ3n) is 9.38. The van der Waals surface area contributed by atoms with Gasteiger partial charge in [-0.15, -0.1) is 5.10 Å². The maximum atomic E-state index is 13.9. The van der Waals surface area contributed by atoms with E-state index >= 15 is 0 Å². The van der Waals surface area contributed by atoms with E-state index in [-0.39, 0.29) is 46.9 Å². The molecule has 1 aliphatic carbocycles. The van der Waals surface area contributed by atoms with E-state index in [1.807, 2.05) is 18.7 Å². The Bertz CT molecular complexity index is 1870. The van der Waals surface area contributed by atoms with Gasteiger partial charge in [0.05, 0.1) is 15.1 Å². The maximum Gasteiger partial charge on any atom is 0.396 e. The van der Waals surface area contributed by atoms with Crippen LogP contribution in [-0.4, -0.2) is 73.6 Å². The van der Waals surface area contributed by atoms with Crippen LogP contribution in [0.2, 0.25) is 0 Å². The Balaban J connectivity index is 1.30. The first kappa shape index (κ1) is 36.3. The number of anilines is 2. The summed E-state index contributed by atoms with van der Waals surface area (Å²) in [5, 5.41) is 7.26. The summed E-state index contributed by atoms with van der Waals surface area (Å²) in [7, 11) is -4.33. The van der Waals surface area contributed by atoms with Gasteiger partial charge in [-0.25, -0.2) is 19.4 Å². The molecule has 3 aromatic heterocycles. The molecule has 2 N–H and O–H groups in total. The Morgan fingerprint density at radius 1 is 1.06 bits per heavy atom. The second kappa shape index (κ2) is 12.6. The van der Waals surface area contributed by atoms with Gasteiger partial charge in [0, 0.05) is 30.9 Å².